The van der Waals surface area contributed by atoms with Crippen LogP contribution in [0.15, 0.2) is 11.2 Å². The average molecular weight is 239 g/mol. The summed E-state index contributed by atoms with van der Waals surface area (Å²) >= 11 is 1.02. The normalized spacial score (nSPS) is 18.2. The first kappa shape index (κ1) is 10.8. The molecule has 0 aliphatic carbocycles. The highest BCUT2D eigenvalue weighted by Gasteiger charge is 2.17. The Morgan fingerprint density at radius 2 is 2.62 bits per heavy atom. The lowest BCUT2D eigenvalue weighted by molar-refractivity contribution is 0.364. The van der Waals surface area contributed by atoms with Crippen molar-refractivity contribution < 1.29 is 4.39 Å². The van der Waals surface area contributed by atoms with Crippen molar-refractivity contribution in [3.8, 4) is 6.19 Å². The standard InChI is InChI=1S/C9H10FN5S/c10-8-13-4-7(16-8)5-15-3-1-2-12-9(15)14-6-11/h4H,1-3,5H2,(H,12,14). The molecule has 0 saturated carbocycles. The summed E-state index contributed by atoms with van der Waals surface area (Å²) in [5, 5.41) is 11.1. The lowest BCUT2D eigenvalue weighted by Gasteiger charge is -2.29. The topological polar surface area (TPSA) is 64.3 Å². The molecule has 7 heteroatoms. The smallest absolute Gasteiger partial charge is 0.269 e. The van der Waals surface area contributed by atoms with E-state index in [4.69, 9.17) is 5.26 Å². The van der Waals surface area contributed by atoms with Crippen molar-refractivity contribution in [2.24, 2.45) is 4.99 Å². The molecule has 1 fully saturated rings. The minimum absolute atomic E-state index is 0.432. The van der Waals surface area contributed by atoms with Gasteiger partial charge in [0.05, 0.1) is 6.54 Å². The molecule has 1 aromatic heterocycles. The summed E-state index contributed by atoms with van der Waals surface area (Å²) in [6.45, 7) is 2.16. The number of aromatic nitrogens is 1. The second-order valence-corrected chi connectivity index (χ2v) is 4.38. The Labute approximate surface area is 96.2 Å². The first-order valence-electron chi connectivity index (χ1n) is 4.85. The highest BCUT2D eigenvalue weighted by Crippen LogP contribution is 2.14. The number of guanidine groups is 1. The van der Waals surface area contributed by atoms with Gasteiger partial charge in [-0.1, -0.05) is 11.3 Å². The number of nitrogens with one attached hydrogen (secondary N) is 1. The molecule has 5 nitrogen and oxygen atoms in total. The van der Waals surface area contributed by atoms with Crippen LogP contribution in [-0.4, -0.2) is 28.9 Å². The van der Waals surface area contributed by atoms with Gasteiger partial charge in [-0.2, -0.15) is 9.65 Å². The lowest BCUT2D eigenvalue weighted by Crippen LogP contribution is -2.46. The van der Waals surface area contributed by atoms with E-state index in [1.807, 2.05) is 4.90 Å². The molecule has 0 bridgehead atoms. The highest BCUT2D eigenvalue weighted by molar-refractivity contribution is 7.09. The molecular formula is C9H10FN5S. The van der Waals surface area contributed by atoms with E-state index >= 15 is 0 Å². The Morgan fingerprint density at radius 3 is 3.31 bits per heavy atom. The first-order chi connectivity index (χ1) is 7.79. The molecule has 1 N–H and O–H groups in total. The molecule has 0 unspecified atom stereocenters. The molecule has 0 amide bonds. The Bertz CT molecular complexity index is 435. The monoisotopic (exact) mass is 239 g/mol. The summed E-state index contributed by atoms with van der Waals surface area (Å²) in [6.07, 6.45) is 4.25. The summed E-state index contributed by atoms with van der Waals surface area (Å²) in [4.78, 5) is 9.99. The van der Waals surface area contributed by atoms with Gasteiger partial charge in [0.25, 0.3) is 5.26 Å². The van der Waals surface area contributed by atoms with E-state index in [-0.39, 0.29) is 0 Å². The van der Waals surface area contributed by atoms with Crippen LogP contribution in [0.4, 0.5) is 4.39 Å². The van der Waals surface area contributed by atoms with Gasteiger partial charge in [-0.3, -0.25) is 0 Å². The number of nitrogens with zero attached hydrogens (tertiary/aromatic N) is 4. The number of halogens is 1. The molecule has 0 spiro atoms. The molecule has 2 rings (SSSR count). The fraction of sp³-hybridized carbons (Fsp3) is 0.444. The van der Waals surface area contributed by atoms with Gasteiger partial charge in [0.15, 0.2) is 0 Å². The van der Waals surface area contributed by atoms with E-state index in [1.165, 1.54) is 6.20 Å². The van der Waals surface area contributed by atoms with Gasteiger partial charge in [-0.15, -0.1) is 4.99 Å². The largest absolute Gasteiger partial charge is 0.355 e. The van der Waals surface area contributed by atoms with E-state index in [2.05, 4.69) is 15.3 Å². The average Bonchev–Trinajstić information content (AvgIpc) is 2.67. The molecule has 0 atom stereocenters. The van der Waals surface area contributed by atoms with E-state index in [0.29, 0.717) is 12.5 Å². The fourth-order valence-corrected chi connectivity index (χ4v) is 2.19. The third-order valence-electron chi connectivity index (χ3n) is 2.22. The zero-order valence-electron chi connectivity index (χ0n) is 8.48. The van der Waals surface area contributed by atoms with Gasteiger partial charge in [0.2, 0.25) is 12.2 Å². The van der Waals surface area contributed by atoms with Gasteiger partial charge in [-0.25, -0.2) is 4.98 Å². The van der Waals surface area contributed by atoms with Gasteiger partial charge in [-0.05, 0) is 6.42 Å². The predicted octanol–water partition coefficient (Wildman–Crippen LogP) is 0.915. The number of thiazole rings is 1. The SMILES string of the molecule is N#CN=C1NCCCN1Cc1cnc(F)s1. The van der Waals surface area contributed by atoms with Crippen molar-refractivity contribution in [2.45, 2.75) is 13.0 Å². The maximum atomic E-state index is 12.7. The van der Waals surface area contributed by atoms with Crippen LogP contribution in [0.2, 0.25) is 0 Å². The van der Waals surface area contributed by atoms with E-state index in [9.17, 15) is 4.39 Å². The molecule has 0 radical (unpaired) electrons. The number of hydrogen-bond donors (Lipinski definition) is 1. The van der Waals surface area contributed by atoms with Crippen LogP contribution in [0.5, 0.6) is 0 Å². The molecule has 1 aliphatic rings. The van der Waals surface area contributed by atoms with Crippen LogP contribution in [0, 0.1) is 16.7 Å². The molecule has 1 saturated heterocycles. The Hall–Kier alpha value is -1.68. The minimum atomic E-state index is -0.432. The maximum Gasteiger partial charge on any atom is 0.269 e. The zero-order chi connectivity index (χ0) is 11.4. The lowest BCUT2D eigenvalue weighted by atomic mass is 10.3. The van der Waals surface area contributed by atoms with Gasteiger partial charge >= 0.3 is 0 Å². The Balaban J connectivity index is 2.07. The first-order valence-corrected chi connectivity index (χ1v) is 5.67. The van der Waals surface area contributed by atoms with E-state index < -0.39 is 5.26 Å². The van der Waals surface area contributed by atoms with Crippen molar-refractivity contribution in [1.29, 1.82) is 5.26 Å². The van der Waals surface area contributed by atoms with Crippen LogP contribution < -0.4 is 5.32 Å². The summed E-state index contributed by atoms with van der Waals surface area (Å²) in [5.74, 6) is 0.558. The van der Waals surface area contributed by atoms with Crippen LogP contribution in [0.1, 0.15) is 11.3 Å². The molecule has 16 heavy (non-hydrogen) atoms. The summed E-state index contributed by atoms with van der Waals surface area (Å²) in [5.41, 5.74) is 0. The van der Waals surface area contributed by atoms with E-state index in [0.717, 1.165) is 35.7 Å². The number of rotatable bonds is 2. The highest BCUT2D eigenvalue weighted by atomic mass is 32.1. The maximum absolute atomic E-state index is 12.7. The van der Waals surface area contributed by atoms with Gasteiger partial charge in [0.1, 0.15) is 0 Å². The van der Waals surface area contributed by atoms with Gasteiger partial charge in [0, 0.05) is 24.2 Å². The van der Waals surface area contributed by atoms with Crippen molar-refractivity contribution in [2.75, 3.05) is 13.1 Å². The predicted molar refractivity (Wildman–Crippen MR) is 58.1 cm³/mol. The molecule has 1 aromatic rings. The Kier molecular flexibility index (Phi) is 3.31. The van der Waals surface area contributed by atoms with Crippen molar-refractivity contribution >= 4 is 17.3 Å². The number of hydrogen-bond acceptors (Lipinski definition) is 4. The molecular weight excluding hydrogens is 229 g/mol. The van der Waals surface area contributed by atoms with Crippen LogP contribution in [-0.2, 0) is 6.54 Å². The van der Waals surface area contributed by atoms with Crippen molar-refractivity contribution in [3.63, 3.8) is 0 Å². The van der Waals surface area contributed by atoms with Crippen LogP contribution in [0.3, 0.4) is 0 Å². The van der Waals surface area contributed by atoms with Crippen LogP contribution >= 0.6 is 11.3 Å². The fourth-order valence-electron chi connectivity index (χ4n) is 1.54. The molecule has 84 valence electrons. The minimum Gasteiger partial charge on any atom is -0.355 e. The molecule has 0 aromatic carbocycles. The Morgan fingerprint density at radius 1 is 1.75 bits per heavy atom. The summed E-state index contributed by atoms with van der Waals surface area (Å²) < 4.78 is 12.7. The van der Waals surface area contributed by atoms with Gasteiger partial charge < -0.3 is 10.2 Å². The van der Waals surface area contributed by atoms with E-state index in [1.54, 1.807) is 6.19 Å². The zero-order valence-corrected chi connectivity index (χ0v) is 9.30. The number of nitriles is 1. The van der Waals surface area contributed by atoms with Crippen LogP contribution in [0.25, 0.3) is 0 Å². The van der Waals surface area contributed by atoms with Crippen molar-refractivity contribution in [3.05, 3.63) is 16.3 Å². The number of aliphatic imine (C=N–C) groups is 1. The summed E-state index contributed by atoms with van der Waals surface area (Å²) in [6, 6.07) is 0. The third kappa shape index (κ3) is 2.46. The second kappa shape index (κ2) is 4.90. The summed E-state index contributed by atoms with van der Waals surface area (Å²) in [7, 11) is 0. The molecule has 1 aliphatic heterocycles. The quantitative estimate of drug-likeness (QED) is 0.779. The third-order valence-corrected chi connectivity index (χ3v) is 2.99. The second-order valence-electron chi connectivity index (χ2n) is 3.32. The molecule has 2 heterocycles. The van der Waals surface area contributed by atoms with Crippen molar-refractivity contribution in [1.82, 2.24) is 15.2 Å².